The zero-order valence-corrected chi connectivity index (χ0v) is 21.9. The molecule has 0 bridgehead atoms. The molecule has 3 aromatic carbocycles. The van der Waals surface area contributed by atoms with Crippen molar-refractivity contribution in [1.29, 1.82) is 0 Å². The fourth-order valence-corrected chi connectivity index (χ4v) is 6.90. The maximum Gasteiger partial charge on any atom is 0.317 e. The van der Waals surface area contributed by atoms with Crippen molar-refractivity contribution in [3.63, 3.8) is 0 Å². The largest absolute Gasteiger partial charge is 0.508 e. The second kappa shape index (κ2) is 10.3. The third kappa shape index (κ3) is 4.95. The van der Waals surface area contributed by atoms with Gasteiger partial charge in [-0.2, -0.15) is 0 Å². The van der Waals surface area contributed by atoms with Gasteiger partial charge in [0.25, 0.3) is 0 Å². The van der Waals surface area contributed by atoms with Gasteiger partial charge in [0.2, 0.25) is 0 Å². The van der Waals surface area contributed by atoms with Gasteiger partial charge < -0.3 is 15.1 Å². The highest BCUT2D eigenvalue weighted by Gasteiger charge is 2.43. The van der Waals surface area contributed by atoms with E-state index in [1.165, 1.54) is 45.5 Å². The van der Waals surface area contributed by atoms with E-state index in [0.29, 0.717) is 5.75 Å². The number of nitrogens with zero attached hydrogens (tertiary/aromatic N) is 2. The Morgan fingerprint density at radius 1 is 0.842 bits per heavy atom. The predicted molar refractivity (Wildman–Crippen MR) is 152 cm³/mol. The van der Waals surface area contributed by atoms with E-state index >= 15 is 0 Å². The first-order chi connectivity index (χ1) is 18.5. The number of phenolic OH excluding ortho intramolecular Hbond substituents is 1. The highest BCUT2D eigenvalue weighted by molar-refractivity contribution is 6.00. The lowest BCUT2D eigenvalue weighted by molar-refractivity contribution is -0.142. The van der Waals surface area contributed by atoms with Crippen LogP contribution in [0, 0.1) is 5.41 Å². The van der Waals surface area contributed by atoms with E-state index < -0.39 is 5.97 Å². The summed E-state index contributed by atoms with van der Waals surface area (Å²) >= 11 is 0. The van der Waals surface area contributed by atoms with Crippen LogP contribution >= 0.6 is 0 Å². The van der Waals surface area contributed by atoms with Crippen molar-refractivity contribution in [3.8, 4) is 5.75 Å². The predicted octanol–water partition coefficient (Wildman–Crippen LogP) is 6.06. The van der Waals surface area contributed by atoms with Gasteiger partial charge in [0.1, 0.15) is 5.75 Å². The molecule has 3 aliphatic rings. The van der Waals surface area contributed by atoms with Crippen LogP contribution in [0.2, 0.25) is 0 Å². The van der Waals surface area contributed by atoms with Gasteiger partial charge in [0.05, 0.1) is 6.54 Å². The van der Waals surface area contributed by atoms with E-state index in [1.807, 2.05) is 12.1 Å². The molecule has 0 amide bonds. The van der Waals surface area contributed by atoms with E-state index in [4.69, 9.17) is 5.11 Å². The number of hydrogen-bond acceptors (Lipinski definition) is 4. The standard InChI is InChI=1S/C33H36N2O3/c36-28-14-15-30-26(20-28)8-4-9-29(24-6-2-1-3-7-24)32(30)25-10-12-27(13-11-25)35-18-5-16-33(17-19-35)22-34(23-33)21-31(37)38/h1-3,6-7,10-15,20,36H,4-5,8-9,16-19,21-23H2,(H,37,38). The van der Waals surface area contributed by atoms with Crippen molar-refractivity contribution >= 4 is 22.8 Å². The third-order valence-corrected chi connectivity index (χ3v) is 8.70. The molecule has 0 atom stereocenters. The van der Waals surface area contributed by atoms with Crippen LogP contribution in [0.25, 0.3) is 11.1 Å². The van der Waals surface area contributed by atoms with E-state index in [-0.39, 0.29) is 12.0 Å². The van der Waals surface area contributed by atoms with Crippen molar-refractivity contribution in [2.45, 2.75) is 38.5 Å². The first-order valence-electron chi connectivity index (χ1n) is 13.9. The monoisotopic (exact) mass is 508 g/mol. The lowest BCUT2D eigenvalue weighted by Gasteiger charge is -2.49. The molecule has 3 aromatic rings. The molecule has 196 valence electrons. The minimum Gasteiger partial charge on any atom is -0.508 e. The summed E-state index contributed by atoms with van der Waals surface area (Å²) in [5.74, 6) is -0.396. The third-order valence-electron chi connectivity index (χ3n) is 8.70. The minimum atomic E-state index is -0.728. The number of rotatable bonds is 5. The molecule has 5 heteroatoms. The molecule has 2 saturated heterocycles. The van der Waals surface area contributed by atoms with Crippen LogP contribution in [0.1, 0.15) is 54.4 Å². The molecule has 0 saturated carbocycles. The number of aryl methyl sites for hydroxylation is 1. The number of likely N-dealkylation sites (tertiary alicyclic amines) is 1. The van der Waals surface area contributed by atoms with Crippen LogP contribution < -0.4 is 4.90 Å². The summed E-state index contributed by atoms with van der Waals surface area (Å²) in [6.45, 7) is 4.05. The van der Waals surface area contributed by atoms with Crippen molar-refractivity contribution in [1.82, 2.24) is 4.90 Å². The molecule has 0 unspecified atom stereocenters. The van der Waals surface area contributed by atoms with Gasteiger partial charge in [-0.3, -0.25) is 9.69 Å². The summed E-state index contributed by atoms with van der Waals surface area (Å²) in [6, 6.07) is 25.6. The fraction of sp³-hybridized carbons (Fsp3) is 0.364. The number of aliphatic carboxylic acids is 1. The Balaban J connectivity index is 1.27. The highest BCUT2D eigenvalue weighted by Crippen LogP contribution is 2.43. The number of aromatic hydroxyl groups is 1. The van der Waals surface area contributed by atoms with Gasteiger partial charge in [-0.15, -0.1) is 0 Å². The van der Waals surface area contributed by atoms with Crippen molar-refractivity contribution in [2.24, 2.45) is 5.41 Å². The number of fused-ring (bicyclic) bond motifs is 1. The second-order valence-corrected chi connectivity index (χ2v) is 11.3. The van der Waals surface area contributed by atoms with Crippen LogP contribution in [0.4, 0.5) is 5.69 Å². The zero-order valence-electron chi connectivity index (χ0n) is 21.9. The van der Waals surface area contributed by atoms with E-state index in [0.717, 1.165) is 58.3 Å². The van der Waals surface area contributed by atoms with Gasteiger partial charge in [-0.25, -0.2) is 0 Å². The Morgan fingerprint density at radius 3 is 2.39 bits per heavy atom. The molecule has 6 rings (SSSR count). The van der Waals surface area contributed by atoms with Gasteiger partial charge in [-0.1, -0.05) is 48.5 Å². The first kappa shape index (κ1) is 24.7. The Hall–Kier alpha value is -3.57. The summed E-state index contributed by atoms with van der Waals surface area (Å²) in [5.41, 5.74) is 9.11. The summed E-state index contributed by atoms with van der Waals surface area (Å²) in [7, 11) is 0. The van der Waals surface area contributed by atoms with E-state index in [9.17, 15) is 9.90 Å². The average Bonchev–Trinajstić information content (AvgIpc) is 3.23. The van der Waals surface area contributed by atoms with Crippen LogP contribution in [-0.2, 0) is 11.2 Å². The van der Waals surface area contributed by atoms with Crippen LogP contribution in [-0.4, -0.2) is 53.8 Å². The Morgan fingerprint density at radius 2 is 1.63 bits per heavy atom. The quantitative estimate of drug-likeness (QED) is 0.438. The number of carboxylic acid groups (broad SMARTS) is 1. The lowest BCUT2D eigenvalue weighted by Crippen LogP contribution is -2.57. The number of carboxylic acids is 1. The number of anilines is 1. The average molecular weight is 509 g/mol. The molecule has 0 aromatic heterocycles. The Bertz CT molecular complexity index is 1340. The Labute approximate surface area is 225 Å². The van der Waals surface area contributed by atoms with Crippen LogP contribution in [0.5, 0.6) is 5.75 Å². The molecular formula is C33H36N2O3. The molecule has 1 aliphatic carbocycles. The first-order valence-corrected chi connectivity index (χ1v) is 13.9. The number of benzene rings is 3. The number of phenols is 1. The smallest absolute Gasteiger partial charge is 0.317 e. The maximum absolute atomic E-state index is 11.1. The summed E-state index contributed by atoms with van der Waals surface area (Å²) in [6.07, 6.45) is 6.45. The molecule has 5 nitrogen and oxygen atoms in total. The van der Waals surface area contributed by atoms with Crippen molar-refractivity contribution in [3.05, 3.63) is 95.1 Å². The van der Waals surface area contributed by atoms with Gasteiger partial charge in [0, 0.05) is 31.9 Å². The summed E-state index contributed by atoms with van der Waals surface area (Å²) in [4.78, 5) is 15.6. The zero-order chi connectivity index (χ0) is 26.1. The summed E-state index contributed by atoms with van der Waals surface area (Å²) < 4.78 is 0. The molecule has 2 fully saturated rings. The van der Waals surface area contributed by atoms with Crippen LogP contribution in [0.15, 0.2) is 72.8 Å². The number of allylic oxidation sites excluding steroid dienone is 1. The Kier molecular flexibility index (Phi) is 6.71. The van der Waals surface area contributed by atoms with E-state index in [1.54, 1.807) is 0 Å². The normalized spacial score (nSPS) is 19.4. The minimum absolute atomic E-state index is 0.163. The lowest BCUT2D eigenvalue weighted by atomic mass is 9.74. The SMILES string of the molecule is O=C(O)CN1CC2(CCCN(c3ccc(C4=C(c5ccccc5)CCCc5cc(O)ccc54)cc3)CC2)C1. The molecule has 38 heavy (non-hydrogen) atoms. The van der Waals surface area contributed by atoms with Crippen molar-refractivity contribution in [2.75, 3.05) is 37.6 Å². The molecule has 0 radical (unpaired) electrons. The molecular weight excluding hydrogens is 472 g/mol. The van der Waals surface area contributed by atoms with Gasteiger partial charge in [0.15, 0.2) is 0 Å². The van der Waals surface area contributed by atoms with Gasteiger partial charge >= 0.3 is 5.97 Å². The number of carbonyl (C=O) groups is 1. The molecule has 2 aliphatic heterocycles. The fourth-order valence-electron chi connectivity index (χ4n) is 6.90. The maximum atomic E-state index is 11.1. The second-order valence-electron chi connectivity index (χ2n) is 11.3. The topological polar surface area (TPSA) is 64.0 Å². The molecule has 2 heterocycles. The highest BCUT2D eigenvalue weighted by atomic mass is 16.4. The van der Waals surface area contributed by atoms with Crippen LogP contribution in [0.3, 0.4) is 0 Å². The summed E-state index contributed by atoms with van der Waals surface area (Å²) in [5, 5.41) is 19.3. The molecule has 2 N–H and O–H groups in total. The van der Waals surface area contributed by atoms with E-state index in [2.05, 4.69) is 70.5 Å². The number of hydrogen-bond donors (Lipinski definition) is 2. The molecule has 1 spiro atoms. The van der Waals surface area contributed by atoms with Gasteiger partial charge in [-0.05, 0) is 102 Å². The van der Waals surface area contributed by atoms with Crippen molar-refractivity contribution < 1.29 is 15.0 Å².